The average Bonchev–Trinajstić information content (AvgIpc) is 3.28. The molecule has 2 heterocycles. The number of hydrogen-bond donors (Lipinski definition) is 0. The second-order valence-corrected chi connectivity index (χ2v) is 7.34. The average molecular weight is 402 g/mol. The summed E-state index contributed by atoms with van der Waals surface area (Å²) in [6.07, 6.45) is 7.21. The summed E-state index contributed by atoms with van der Waals surface area (Å²) in [5.74, 6) is -0.263. The number of nitrogens with zero attached hydrogens (tertiary/aromatic N) is 3. The summed E-state index contributed by atoms with van der Waals surface area (Å²) in [5, 5.41) is 0.668. The second kappa shape index (κ2) is 7.22. The van der Waals surface area contributed by atoms with Crippen molar-refractivity contribution >= 4 is 29.1 Å². The molecule has 0 aliphatic carbocycles. The lowest BCUT2D eigenvalue weighted by molar-refractivity contribution is 0.575. The van der Waals surface area contributed by atoms with Gasteiger partial charge in [0.15, 0.2) is 0 Å². The number of imidazole rings is 1. The van der Waals surface area contributed by atoms with E-state index in [1.807, 2.05) is 59.3 Å². The van der Waals surface area contributed by atoms with Crippen LogP contribution in [-0.4, -0.2) is 9.55 Å². The zero-order valence-corrected chi connectivity index (χ0v) is 16.2. The predicted molar refractivity (Wildman–Crippen MR) is 115 cm³/mol. The Hall–Kier alpha value is -3.37. The van der Waals surface area contributed by atoms with Crippen molar-refractivity contribution in [1.82, 2.24) is 9.55 Å². The molecule has 0 radical (unpaired) electrons. The van der Waals surface area contributed by atoms with Crippen LogP contribution in [0.1, 0.15) is 22.9 Å². The Kier molecular flexibility index (Phi) is 4.41. The van der Waals surface area contributed by atoms with Gasteiger partial charge in [0.1, 0.15) is 12.0 Å². The Morgan fingerprint density at radius 1 is 0.931 bits per heavy atom. The highest BCUT2D eigenvalue weighted by Crippen LogP contribution is 2.42. The Bertz CT molecular complexity index is 1170. The third kappa shape index (κ3) is 3.22. The van der Waals surface area contributed by atoms with Crippen LogP contribution in [0.3, 0.4) is 0 Å². The first-order valence-corrected chi connectivity index (χ1v) is 9.67. The fraction of sp³-hybridized carbons (Fsp3) is 0.0417. The second-order valence-electron chi connectivity index (χ2n) is 6.90. The highest BCUT2D eigenvalue weighted by Gasteiger charge is 2.32. The number of benzene rings is 3. The van der Waals surface area contributed by atoms with Gasteiger partial charge in [0.25, 0.3) is 0 Å². The summed E-state index contributed by atoms with van der Waals surface area (Å²) in [7, 11) is 0. The number of rotatable bonds is 3. The van der Waals surface area contributed by atoms with Crippen molar-refractivity contribution in [3.8, 4) is 0 Å². The maximum atomic E-state index is 14.2. The predicted octanol–water partition coefficient (Wildman–Crippen LogP) is 6.24. The van der Waals surface area contributed by atoms with Crippen molar-refractivity contribution in [2.24, 2.45) is 0 Å². The van der Waals surface area contributed by atoms with E-state index in [1.54, 1.807) is 18.6 Å². The van der Waals surface area contributed by atoms with Gasteiger partial charge in [0.05, 0.1) is 12.0 Å². The van der Waals surface area contributed by atoms with Gasteiger partial charge in [-0.25, -0.2) is 9.37 Å². The smallest absolute Gasteiger partial charge is 0.138 e. The van der Waals surface area contributed by atoms with E-state index in [0.717, 1.165) is 28.1 Å². The molecule has 0 saturated carbocycles. The van der Waals surface area contributed by atoms with Crippen LogP contribution in [0.2, 0.25) is 5.02 Å². The molecule has 142 valence electrons. The lowest BCUT2D eigenvalue weighted by Crippen LogP contribution is -2.34. The molecule has 3 aromatic carbocycles. The fourth-order valence-electron chi connectivity index (χ4n) is 3.81. The minimum absolute atomic E-state index is 0.263. The molecule has 5 heteroatoms. The molecule has 0 N–H and O–H groups in total. The Labute approximate surface area is 173 Å². The SMILES string of the molecule is Fc1ccc2c(c1)C(n1ccnc1)N(c1ccc(Cl)cc1)C(c1ccccc1)=C2. The summed E-state index contributed by atoms with van der Waals surface area (Å²) >= 11 is 6.14. The van der Waals surface area contributed by atoms with Gasteiger partial charge in [-0.05, 0) is 53.6 Å². The van der Waals surface area contributed by atoms with Gasteiger partial charge in [0, 0.05) is 28.7 Å². The number of hydrogen-bond acceptors (Lipinski definition) is 2. The largest absolute Gasteiger partial charge is 0.315 e. The van der Waals surface area contributed by atoms with Gasteiger partial charge in [-0.15, -0.1) is 0 Å². The zero-order chi connectivity index (χ0) is 19.8. The molecular formula is C24H17ClFN3. The number of halogens is 2. The molecular weight excluding hydrogens is 385 g/mol. The molecule has 0 amide bonds. The molecule has 1 aromatic heterocycles. The van der Waals surface area contributed by atoms with Gasteiger partial charge in [-0.3, -0.25) is 0 Å². The molecule has 29 heavy (non-hydrogen) atoms. The molecule has 0 spiro atoms. The number of aromatic nitrogens is 2. The topological polar surface area (TPSA) is 21.1 Å². The first-order valence-electron chi connectivity index (χ1n) is 9.29. The minimum atomic E-state index is -0.287. The normalized spacial score (nSPS) is 15.7. The summed E-state index contributed by atoms with van der Waals surface area (Å²) in [4.78, 5) is 6.42. The molecule has 4 aromatic rings. The van der Waals surface area contributed by atoms with Crippen LogP contribution in [0.5, 0.6) is 0 Å². The monoisotopic (exact) mass is 401 g/mol. The van der Waals surface area contributed by atoms with Crippen molar-refractivity contribution < 1.29 is 4.39 Å². The first kappa shape index (κ1) is 17.7. The molecule has 3 nitrogen and oxygen atoms in total. The van der Waals surface area contributed by atoms with Crippen LogP contribution in [0.4, 0.5) is 10.1 Å². The fourth-order valence-corrected chi connectivity index (χ4v) is 3.94. The van der Waals surface area contributed by atoms with Gasteiger partial charge >= 0.3 is 0 Å². The number of fused-ring (bicyclic) bond motifs is 1. The Morgan fingerprint density at radius 3 is 2.45 bits per heavy atom. The highest BCUT2D eigenvalue weighted by atomic mass is 35.5. The third-order valence-corrected chi connectivity index (χ3v) is 5.36. The van der Waals surface area contributed by atoms with Crippen LogP contribution in [0, 0.1) is 5.82 Å². The quantitative estimate of drug-likeness (QED) is 0.405. The summed E-state index contributed by atoms with van der Waals surface area (Å²) < 4.78 is 16.2. The van der Waals surface area contributed by atoms with Crippen molar-refractivity contribution in [2.45, 2.75) is 6.17 Å². The molecule has 1 atom stereocenters. The molecule has 0 fully saturated rings. The maximum Gasteiger partial charge on any atom is 0.138 e. The molecule has 1 aliphatic heterocycles. The Morgan fingerprint density at radius 2 is 1.72 bits per heavy atom. The van der Waals surface area contributed by atoms with E-state index in [2.05, 4.69) is 28.1 Å². The molecule has 0 bridgehead atoms. The first-order chi connectivity index (χ1) is 14.2. The van der Waals surface area contributed by atoms with Crippen LogP contribution in [0.25, 0.3) is 11.8 Å². The van der Waals surface area contributed by atoms with Crippen molar-refractivity contribution in [1.29, 1.82) is 0 Å². The van der Waals surface area contributed by atoms with Crippen LogP contribution >= 0.6 is 11.6 Å². The summed E-state index contributed by atoms with van der Waals surface area (Å²) in [6.45, 7) is 0. The summed E-state index contributed by atoms with van der Waals surface area (Å²) in [5.41, 5.74) is 4.90. The van der Waals surface area contributed by atoms with Crippen LogP contribution in [-0.2, 0) is 0 Å². The lowest BCUT2D eigenvalue weighted by atomic mass is 9.94. The van der Waals surface area contributed by atoms with E-state index in [-0.39, 0.29) is 12.0 Å². The molecule has 5 rings (SSSR count). The maximum absolute atomic E-state index is 14.2. The van der Waals surface area contributed by atoms with E-state index < -0.39 is 0 Å². The van der Waals surface area contributed by atoms with Crippen LogP contribution < -0.4 is 4.90 Å². The minimum Gasteiger partial charge on any atom is -0.315 e. The lowest BCUT2D eigenvalue weighted by Gasteiger charge is -2.40. The van der Waals surface area contributed by atoms with Crippen molar-refractivity contribution in [2.75, 3.05) is 4.90 Å². The van der Waals surface area contributed by atoms with Gasteiger partial charge in [0.2, 0.25) is 0 Å². The van der Waals surface area contributed by atoms with Crippen molar-refractivity contribution in [3.63, 3.8) is 0 Å². The molecule has 0 saturated heterocycles. The number of anilines is 1. The van der Waals surface area contributed by atoms with E-state index in [0.29, 0.717) is 5.02 Å². The molecule has 1 unspecified atom stereocenters. The highest BCUT2D eigenvalue weighted by molar-refractivity contribution is 6.30. The summed E-state index contributed by atoms with van der Waals surface area (Å²) in [6, 6.07) is 22.8. The van der Waals surface area contributed by atoms with Gasteiger partial charge in [-0.2, -0.15) is 0 Å². The van der Waals surface area contributed by atoms with E-state index in [4.69, 9.17) is 11.6 Å². The van der Waals surface area contributed by atoms with E-state index in [1.165, 1.54) is 6.07 Å². The van der Waals surface area contributed by atoms with Crippen molar-refractivity contribution in [3.05, 3.63) is 119 Å². The Balaban J connectivity index is 1.79. The van der Waals surface area contributed by atoms with Crippen LogP contribution in [0.15, 0.2) is 91.5 Å². The molecule has 1 aliphatic rings. The third-order valence-electron chi connectivity index (χ3n) is 5.10. The van der Waals surface area contributed by atoms with E-state index in [9.17, 15) is 4.39 Å². The van der Waals surface area contributed by atoms with E-state index >= 15 is 0 Å². The zero-order valence-electron chi connectivity index (χ0n) is 15.4. The standard InChI is InChI=1S/C24H17ClFN3/c25-19-7-10-21(11-8-19)29-23(17-4-2-1-3-5-17)14-18-6-9-20(26)15-22(18)24(29)28-13-12-27-16-28/h1-16,24H. The van der Waals surface area contributed by atoms with Gasteiger partial charge in [-0.1, -0.05) is 48.0 Å². The van der Waals surface area contributed by atoms with Gasteiger partial charge < -0.3 is 9.47 Å².